The van der Waals surface area contributed by atoms with E-state index in [0.717, 1.165) is 109 Å². The lowest BCUT2D eigenvalue weighted by Gasteiger charge is -2.18. The number of ether oxygens (including phenoxy) is 3. The molecule has 0 heterocycles. The summed E-state index contributed by atoms with van der Waals surface area (Å²) in [6.07, 6.45) is 89.6. The van der Waals surface area contributed by atoms with Gasteiger partial charge < -0.3 is 14.2 Å². The number of carbonyl (C=O) groups is 3. The van der Waals surface area contributed by atoms with Crippen molar-refractivity contribution in [3.63, 3.8) is 0 Å². The number of allylic oxidation sites excluding steroid dienone is 20. The SMILES string of the molecule is CC/C=C\C/C=C\C/C=C\C/C=C\C/C=C\CCCCCCCCCCCCCCCCCCCC(=O)OCC(COC(=O)CCCCCCC/C=C\CCCCCC)OC(=O)CC/C=C\C/C=C\C/C=C\C/C=C\CC. The van der Waals surface area contributed by atoms with Gasteiger partial charge in [-0.15, -0.1) is 0 Å². The Hall–Kier alpha value is -4.19. The first kappa shape index (κ1) is 72.8. The number of hydrogen-bond acceptors (Lipinski definition) is 6. The second-order valence-electron chi connectivity index (χ2n) is 20.9. The van der Waals surface area contributed by atoms with Crippen molar-refractivity contribution >= 4 is 17.9 Å². The molecule has 6 heteroatoms. The van der Waals surface area contributed by atoms with Crippen molar-refractivity contribution < 1.29 is 28.6 Å². The Morgan fingerprint density at radius 3 is 0.857 bits per heavy atom. The zero-order valence-corrected chi connectivity index (χ0v) is 50.2. The average molecular weight is 1070 g/mol. The summed E-state index contributed by atoms with van der Waals surface area (Å²) in [7, 11) is 0. The lowest BCUT2D eigenvalue weighted by molar-refractivity contribution is -0.166. The first-order valence-electron chi connectivity index (χ1n) is 32.0. The lowest BCUT2D eigenvalue weighted by atomic mass is 10.0. The van der Waals surface area contributed by atoms with Crippen LogP contribution in [-0.2, 0) is 28.6 Å². The minimum absolute atomic E-state index is 0.109. The van der Waals surface area contributed by atoms with Crippen LogP contribution in [0.2, 0.25) is 0 Å². The Labute approximate surface area is 475 Å². The summed E-state index contributed by atoms with van der Waals surface area (Å²) in [5.41, 5.74) is 0. The van der Waals surface area contributed by atoms with Crippen molar-refractivity contribution in [3.8, 4) is 0 Å². The molecule has 1 unspecified atom stereocenters. The highest BCUT2D eigenvalue weighted by Crippen LogP contribution is 2.16. The molecule has 0 radical (unpaired) electrons. The molecule has 0 aliphatic rings. The summed E-state index contributed by atoms with van der Waals surface area (Å²) in [5, 5.41) is 0. The van der Waals surface area contributed by atoms with Crippen LogP contribution in [0.3, 0.4) is 0 Å². The van der Waals surface area contributed by atoms with Gasteiger partial charge in [0.25, 0.3) is 0 Å². The third kappa shape index (κ3) is 62.5. The normalized spacial score (nSPS) is 12.9. The van der Waals surface area contributed by atoms with Gasteiger partial charge in [0, 0.05) is 19.3 Å². The van der Waals surface area contributed by atoms with E-state index in [1.807, 2.05) is 12.2 Å². The molecule has 0 aromatic heterocycles. The Kier molecular flexibility index (Phi) is 60.8. The largest absolute Gasteiger partial charge is 0.462 e. The Morgan fingerprint density at radius 1 is 0.273 bits per heavy atom. The maximum absolute atomic E-state index is 12.8. The van der Waals surface area contributed by atoms with Crippen LogP contribution in [0.4, 0.5) is 0 Å². The van der Waals surface area contributed by atoms with Gasteiger partial charge in [0.05, 0.1) is 0 Å². The van der Waals surface area contributed by atoms with Crippen LogP contribution in [0, 0.1) is 0 Å². The first-order valence-corrected chi connectivity index (χ1v) is 32.0. The van der Waals surface area contributed by atoms with E-state index < -0.39 is 12.1 Å². The molecular weight excluding hydrogens is 949 g/mol. The van der Waals surface area contributed by atoms with Crippen LogP contribution in [0.1, 0.15) is 290 Å². The molecule has 0 bridgehead atoms. The molecule has 0 N–H and O–H groups in total. The van der Waals surface area contributed by atoms with E-state index in [0.29, 0.717) is 19.3 Å². The molecule has 0 aromatic rings. The Bertz CT molecular complexity index is 1600. The summed E-state index contributed by atoms with van der Waals surface area (Å²) in [4.78, 5) is 38.1. The standard InChI is InChI=1S/C71H118O6/c1-4-7-10-13-16-19-22-25-26-27-28-29-30-31-32-33-34-35-36-37-38-39-40-41-42-43-44-47-49-52-55-58-61-64-70(73)76-67-68(77-71(74)65-62-59-56-53-50-46-24-21-18-15-12-9-6-3)66-75-69(72)63-60-57-54-51-48-45-23-20-17-14-11-8-5-2/h7,9-10,12,16,18-21,23,25-26,28-29,31-32,46,50,56,59,68H,4-6,8,11,13-15,17,22,24,27,30,33-45,47-49,51-55,57-58,60-67H2,1-3H3/b10-7-,12-9-,19-16-,21-18-,23-20-,26-25-,29-28-,32-31-,50-46-,59-56-. The van der Waals surface area contributed by atoms with Crippen molar-refractivity contribution in [2.75, 3.05) is 13.2 Å². The highest BCUT2D eigenvalue weighted by atomic mass is 16.6. The van der Waals surface area contributed by atoms with Gasteiger partial charge in [0.15, 0.2) is 6.10 Å². The zero-order chi connectivity index (χ0) is 55.7. The topological polar surface area (TPSA) is 78.9 Å². The molecule has 0 saturated heterocycles. The fourth-order valence-corrected chi connectivity index (χ4v) is 8.71. The number of hydrogen-bond donors (Lipinski definition) is 0. The van der Waals surface area contributed by atoms with E-state index in [1.54, 1.807) is 0 Å². The molecule has 438 valence electrons. The van der Waals surface area contributed by atoms with E-state index in [2.05, 4.69) is 130 Å². The van der Waals surface area contributed by atoms with Crippen LogP contribution in [0.15, 0.2) is 122 Å². The molecule has 77 heavy (non-hydrogen) atoms. The fraction of sp³-hybridized carbons (Fsp3) is 0.676. The number of esters is 3. The molecule has 1 atom stereocenters. The molecular formula is C71H118O6. The third-order valence-electron chi connectivity index (χ3n) is 13.4. The first-order chi connectivity index (χ1) is 38.0. The predicted octanol–water partition coefficient (Wildman–Crippen LogP) is 22.0. The minimum atomic E-state index is -0.820. The molecule has 0 aliphatic carbocycles. The van der Waals surface area contributed by atoms with Gasteiger partial charge in [-0.2, -0.15) is 0 Å². The number of rotatable bonds is 57. The van der Waals surface area contributed by atoms with Gasteiger partial charge in [-0.05, 0) is 116 Å². The van der Waals surface area contributed by atoms with Gasteiger partial charge in [-0.3, -0.25) is 14.4 Å². The summed E-state index contributed by atoms with van der Waals surface area (Å²) in [5.74, 6) is -0.996. The van der Waals surface area contributed by atoms with E-state index in [9.17, 15) is 14.4 Å². The second-order valence-corrected chi connectivity index (χ2v) is 20.9. The van der Waals surface area contributed by atoms with Crippen LogP contribution in [0.25, 0.3) is 0 Å². The lowest BCUT2D eigenvalue weighted by Crippen LogP contribution is -2.30. The van der Waals surface area contributed by atoms with Crippen molar-refractivity contribution in [2.24, 2.45) is 0 Å². The zero-order valence-electron chi connectivity index (χ0n) is 50.2. The minimum Gasteiger partial charge on any atom is -0.462 e. The van der Waals surface area contributed by atoms with E-state index in [-0.39, 0.29) is 31.6 Å². The monoisotopic (exact) mass is 1070 g/mol. The maximum atomic E-state index is 12.8. The van der Waals surface area contributed by atoms with Gasteiger partial charge in [-0.25, -0.2) is 0 Å². The van der Waals surface area contributed by atoms with Crippen molar-refractivity contribution in [1.29, 1.82) is 0 Å². The third-order valence-corrected chi connectivity index (χ3v) is 13.4. The Morgan fingerprint density at radius 2 is 0.532 bits per heavy atom. The molecule has 0 rings (SSSR count). The summed E-state index contributed by atoms with van der Waals surface area (Å²) < 4.78 is 16.8. The number of unbranched alkanes of at least 4 members (excludes halogenated alkanes) is 26. The summed E-state index contributed by atoms with van der Waals surface area (Å²) in [6, 6.07) is 0. The van der Waals surface area contributed by atoms with Crippen molar-refractivity contribution in [2.45, 2.75) is 297 Å². The summed E-state index contributed by atoms with van der Waals surface area (Å²) >= 11 is 0. The van der Waals surface area contributed by atoms with Crippen LogP contribution >= 0.6 is 0 Å². The molecule has 0 amide bonds. The van der Waals surface area contributed by atoms with Gasteiger partial charge in [0.2, 0.25) is 0 Å². The van der Waals surface area contributed by atoms with Crippen LogP contribution in [-0.4, -0.2) is 37.2 Å². The highest BCUT2D eigenvalue weighted by molar-refractivity contribution is 5.71. The fourth-order valence-electron chi connectivity index (χ4n) is 8.71. The molecule has 6 nitrogen and oxygen atoms in total. The Balaban J connectivity index is 4.17. The quantitative estimate of drug-likeness (QED) is 0.0261. The van der Waals surface area contributed by atoms with Gasteiger partial charge >= 0.3 is 17.9 Å². The molecule has 0 aliphatic heterocycles. The van der Waals surface area contributed by atoms with Gasteiger partial charge in [-0.1, -0.05) is 277 Å². The van der Waals surface area contributed by atoms with Crippen LogP contribution in [0.5, 0.6) is 0 Å². The molecule has 0 saturated carbocycles. The van der Waals surface area contributed by atoms with E-state index in [1.165, 1.54) is 135 Å². The van der Waals surface area contributed by atoms with Crippen molar-refractivity contribution in [3.05, 3.63) is 122 Å². The summed E-state index contributed by atoms with van der Waals surface area (Å²) in [6.45, 7) is 6.33. The smallest absolute Gasteiger partial charge is 0.306 e. The molecule has 0 fully saturated rings. The van der Waals surface area contributed by atoms with E-state index in [4.69, 9.17) is 14.2 Å². The predicted molar refractivity (Wildman–Crippen MR) is 334 cm³/mol. The van der Waals surface area contributed by atoms with Crippen molar-refractivity contribution in [1.82, 2.24) is 0 Å². The highest BCUT2D eigenvalue weighted by Gasteiger charge is 2.19. The maximum Gasteiger partial charge on any atom is 0.306 e. The number of carbonyl (C=O) groups excluding carboxylic acids is 3. The molecule has 0 aromatic carbocycles. The average Bonchev–Trinajstić information content (AvgIpc) is 3.43. The van der Waals surface area contributed by atoms with Crippen LogP contribution < -0.4 is 0 Å². The van der Waals surface area contributed by atoms with E-state index >= 15 is 0 Å². The van der Waals surface area contributed by atoms with Gasteiger partial charge in [0.1, 0.15) is 13.2 Å². The second kappa shape index (κ2) is 64.3. The molecule has 0 spiro atoms.